The number of ether oxygens (including phenoxy) is 1. The summed E-state index contributed by atoms with van der Waals surface area (Å²) in [5.41, 5.74) is 1.41. The number of hydrogen-bond acceptors (Lipinski definition) is 4. The minimum Gasteiger partial charge on any atom is -0.489 e. The number of alkyl halides is 3. The molecule has 6 nitrogen and oxygen atoms in total. The lowest BCUT2D eigenvalue weighted by Gasteiger charge is -2.14. The van der Waals surface area contributed by atoms with Crippen LogP contribution in [0.4, 0.5) is 19.1 Å². The van der Waals surface area contributed by atoms with Crippen LogP contribution in [0.3, 0.4) is 0 Å². The zero-order valence-corrected chi connectivity index (χ0v) is 16.7. The second-order valence-electron chi connectivity index (χ2n) is 6.76. The van der Waals surface area contributed by atoms with E-state index in [-0.39, 0.29) is 17.4 Å². The molecule has 0 spiro atoms. The minimum atomic E-state index is -4.56. The lowest BCUT2D eigenvalue weighted by molar-refractivity contribution is -0.137. The summed E-state index contributed by atoms with van der Waals surface area (Å²) in [6.45, 7) is 0.0800. The molecule has 154 valence electrons. The first-order valence-corrected chi connectivity index (χ1v) is 10.6. The molecule has 1 aliphatic rings. The van der Waals surface area contributed by atoms with Crippen molar-refractivity contribution in [2.45, 2.75) is 31.5 Å². The molecular formula is C18H16ClF3N4O2S. The number of hydrogen-bond donors (Lipinski definition) is 1. The molecule has 3 aromatic rings. The Morgan fingerprint density at radius 2 is 2.07 bits per heavy atom. The highest BCUT2D eigenvalue weighted by Gasteiger charge is 2.33. The predicted molar refractivity (Wildman–Crippen MR) is 103 cm³/mol. The summed E-state index contributed by atoms with van der Waals surface area (Å²) >= 11 is 5.66. The van der Waals surface area contributed by atoms with Crippen LogP contribution >= 0.6 is 11.6 Å². The maximum Gasteiger partial charge on any atom is 0.417 e. The van der Waals surface area contributed by atoms with Gasteiger partial charge in [-0.05, 0) is 54.2 Å². The van der Waals surface area contributed by atoms with Crippen LogP contribution in [-0.4, -0.2) is 25.1 Å². The second kappa shape index (κ2) is 7.49. The van der Waals surface area contributed by atoms with Crippen LogP contribution in [0.2, 0.25) is 5.02 Å². The molecule has 1 saturated carbocycles. The molecule has 2 aromatic heterocycles. The van der Waals surface area contributed by atoms with Gasteiger partial charge in [0.15, 0.2) is 5.65 Å². The van der Waals surface area contributed by atoms with Gasteiger partial charge in [0.1, 0.15) is 23.3 Å². The van der Waals surface area contributed by atoms with Crippen LogP contribution in [-0.2, 0) is 23.8 Å². The van der Waals surface area contributed by atoms with Gasteiger partial charge in [0.05, 0.1) is 10.6 Å². The third-order valence-corrected chi connectivity index (χ3v) is 5.35. The second-order valence-corrected chi connectivity index (χ2v) is 8.28. The van der Waals surface area contributed by atoms with E-state index in [1.807, 2.05) is 6.20 Å². The van der Waals surface area contributed by atoms with Crippen LogP contribution in [0.1, 0.15) is 35.4 Å². The van der Waals surface area contributed by atoms with Gasteiger partial charge >= 0.3 is 6.18 Å². The molecule has 4 rings (SSSR count). The fraction of sp³-hybridized carbons (Fsp3) is 0.333. The number of benzene rings is 1. The van der Waals surface area contributed by atoms with Gasteiger partial charge in [-0.1, -0.05) is 11.6 Å². The van der Waals surface area contributed by atoms with Gasteiger partial charge in [0.25, 0.3) is 0 Å². The maximum atomic E-state index is 13.1. The zero-order chi connectivity index (χ0) is 20.8. The Morgan fingerprint density at radius 1 is 1.31 bits per heavy atom. The number of nitrogens with one attached hydrogen (secondary N) is 1. The van der Waals surface area contributed by atoms with Crippen molar-refractivity contribution < 1.29 is 22.1 Å². The Morgan fingerprint density at radius 3 is 2.72 bits per heavy atom. The van der Waals surface area contributed by atoms with Crippen molar-refractivity contribution in [1.82, 2.24) is 14.6 Å². The third kappa shape index (κ3) is 4.32. The van der Waals surface area contributed by atoms with Crippen LogP contribution in [0.15, 0.2) is 30.5 Å². The number of aromatic nitrogens is 3. The fourth-order valence-electron chi connectivity index (χ4n) is 3.05. The monoisotopic (exact) mass is 444 g/mol. The highest BCUT2D eigenvalue weighted by molar-refractivity contribution is 7.85. The highest BCUT2D eigenvalue weighted by Crippen LogP contribution is 2.42. The maximum absolute atomic E-state index is 13.1. The number of fused-ring (bicyclic) bond motifs is 1. The van der Waals surface area contributed by atoms with E-state index < -0.39 is 22.7 Å². The SMILES string of the molecule is CS(=O)Nc1nnc2cc(COc3ccc(Cl)c(C(F)(F)F)c3)c(C3CC3)cn12. The zero-order valence-electron chi connectivity index (χ0n) is 15.2. The Kier molecular flexibility index (Phi) is 5.16. The first-order chi connectivity index (χ1) is 13.7. The minimum absolute atomic E-state index is 0.0774. The van der Waals surface area contributed by atoms with Crippen molar-refractivity contribution in [3.05, 3.63) is 52.2 Å². The van der Waals surface area contributed by atoms with E-state index in [1.165, 1.54) is 18.4 Å². The van der Waals surface area contributed by atoms with Crippen molar-refractivity contribution in [1.29, 1.82) is 0 Å². The van der Waals surface area contributed by atoms with E-state index >= 15 is 0 Å². The molecule has 0 amide bonds. The molecule has 11 heteroatoms. The lowest BCUT2D eigenvalue weighted by Crippen LogP contribution is -2.08. The van der Waals surface area contributed by atoms with Gasteiger partial charge in [-0.3, -0.25) is 9.12 Å². The molecule has 1 unspecified atom stereocenters. The Labute approximate surface area is 171 Å². The molecule has 1 aliphatic carbocycles. The summed E-state index contributed by atoms with van der Waals surface area (Å²) in [5, 5.41) is 7.68. The van der Waals surface area contributed by atoms with E-state index in [2.05, 4.69) is 14.9 Å². The molecule has 1 fully saturated rings. The molecule has 1 aromatic carbocycles. The van der Waals surface area contributed by atoms with Gasteiger partial charge in [-0.15, -0.1) is 10.2 Å². The molecule has 1 atom stereocenters. The smallest absolute Gasteiger partial charge is 0.417 e. The summed E-state index contributed by atoms with van der Waals surface area (Å²) < 4.78 is 60.7. The van der Waals surface area contributed by atoms with Crippen molar-refractivity contribution in [3.63, 3.8) is 0 Å². The van der Waals surface area contributed by atoms with Crippen molar-refractivity contribution in [3.8, 4) is 5.75 Å². The van der Waals surface area contributed by atoms with Crippen LogP contribution in [0, 0.1) is 0 Å². The number of halogens is 4. The van der Waals surface area contributed by atoms with E-state index in [4.69, 9.17) is 16.3 Å². The average Bonchev–Trinajstić information content (AvgIpc) is 3.42. The summed E-state index contributed by atoms with van der Waals surface area (Å²) in [6.07, 6.45) is 0.833. The topological polar surface area (TPSA) is 68.5 Å². The number of pyridine rings is 1. The van der Waals surface area contributed by atoms with Crippen LogP contribution < -0.4 is 9.46 Å². The number of rotatable bonds is 6. The first-order valence-electron chi connectivity index (χ1n) is 8.69. The average molecular weight is 445 g/mol. The number of nitrogens with zero attached hydrogens (tertiary/aromatic N) is 3. The molecule has 0 radical (unpaired) electrons. The van der Waals surface area contributed by atoms with Gasteiger partial charge in [-0.25, -0.2) is 4.21 Å². The number of anilines is 1. The van der Waals surface area contributed by atoms with Gasteiger partial charge < -0.3 is 4.74 Å². The molecule has 0 aliphatic heterocycles. The van der Waals surface area contributed by atoms with Crippen LogP contribution in [0.5, 0.6) is 5.75 Å². The fourth-order valence-corrected chi connectivity index (χ4v) is 3.67. The van der Waals surface area contributed by atoms with Gasteiger partial charge in [0, 0.05) is 12.5 Å². The largest absolute Gasteiger partial charge is 0.489 e. The van der Waals surface area contributed by atoms with Crippen molar-refractivity contribution in [2.75, 3.05) is 11.0 Å². The van der Waals surface area contributed by atoms with Gasteiger partial charge in [-0.2, -0.15) is 13.2 Å². The van der Waals surface area contributed by atoms with E-state index in [9.17, 15) is 17.4 Å². The predicted octanol–water partition coefficient (Wildman–Crippen LogP) is 4.56. The third-order valence-electron chi connectivity index (χ3n) is 4.55. The Bertz CT molecular complexity index is 1100. The summed E-state index contributed by atoms with van der Waals surface area (Å²) in [5.74, 6) is 0.785. The molecule has 1 N–H and O–H groups in total. The highest BCUT2D eigenvalue weighted by atomic mass is 35.5. The Hall–Kier alpha value is -2.33. The molecule has 0 saturated heterocycles. The molecule has 0 bridgehead atoms. The summed E-state index contributed by atoms with van der Waals surface area (Å²) in [4.78, 5) is 0. The van der Waals surface area contributed by atoms with Crippen LogP contribution in [0.25, 0.3) is 5.65 Å². The van der Waals surface area contributed by atoms with E-state index in [0.29, 0.717) is 17.5 Å². The quantitative estimate of drug-likeness (QED) is 0.605. The standard InChI is InChI=1S/C18H16ClF3N4O2S/c1-29(27)25-17-24-23-16-6-11(13(8-26(16)17)10-2-3-10)9-28-12-4-5-15(19)14(7-12)18(20,21)22/h4-8,10H,2-3,9H2,1H3,(H,24,25). The first kappa shape index (κ1) is 20.0. The lowest BCUT2D eigenvalue weighted by atomic mass is 10.1. The van der Waals surface area contributed by atoms with Gasteiger partial charge in [0.2, 0.25) is 5.95 Å². The molecule has 2 heterocycles. The normalized spacial score (nSPS) is 15.5. The molecule has 29 heavy (non-hydrogen) atoms. The van der Waals surface area contributed by atoms with Crippen molar-refractivity contribution >= 4 is 34.2 Å². The summed E-state index contributed by atoms with van der Waals surface area (Å²) in [6, 6.07) is 5.26. The van der Waals surface area contributed by atoms with Crippen molar-refractivity contribution in [2.24, 2.45) is 0 Å². The summed E-state index contributed by atoms with van der Waals surface area (Å²) in [7, 11) is -1.30. The Balaban J connectivity index is 1.63. The molecular weight excluding hydrogens is 429 g/mol. The van der Waals surface area contributed by atoms with E-state index in [0.717, 1.165) is 30.0 Å². The van der Waals surface area contributed by atoms with E-state index in [1.54, 1.807) is 10.5 Å².